The molecule has 1 spiro atoms. The SMILES string of the molecule is NC(=O)CN1CC2(CCC1=O)CCN(C[C@@H]1CCOC1)CC2. The lowest BCUT2D eigenvalue weighted by Crippen LogP contribution is -2.53. The van der Waals surface area contributed by atoms with Crippen LogP contribution in [0.3, 0.4) is 0 Å². The molecule has 2 N–H and O–H groups in total. The van der Waals surface area contributed by atoms with Crippen molar-refractivity contribution in [1.82, 2.24) is 9.80 Å². The highest BCUT2D eigenvalue weighted by Gasteiger charge is 2.41. The molecule has 0 aromatic rings. The van der Waals surface area contributed by atoms with Gasteiger partial charge in [-0.1, -0.05) is 0 Å². The monoisotopic (exact) mass is 309 g/mol. The Kier molecular flexibility index (Phi) is 4.68. The van der Waals surface area contributed by atoms with Gasteiger partial charge in [-0.15, -0.1) is 0 Å². The smallest absolute Gasteiger partial charge is 0.237 e. The lowest BCUT2D eigenvalue weighted by atomic mass is 9.72. The van der Waals surface area contributed by atoms with Gasteiger partial charge >= 0.3 is 0 Å². The highest BCUT2D eigenvalue weighted by atomic mass is 16.5. The number of rotatable bonds is 4. The Morgan fingerprint density at radius 3 is 2.73 bits per heavy atom. The average Bonchev–Trinajstić information content (AvgIpc) is 2.98. The normalized spacial score (nSPS) is 29.2. The Morgan fingerprint density at radius 1 is 1.32 bits per heavy atom. The largest absolute Gasteiger partial charge is 0.381 e. The highest BCUT2D eigenvalue weighted by molar-refractivity contribution is 5.84. The molecular weight excluding hydrogens is 282 g/mol. The minimum absolute atomic E-state index is 0.0731. The van der Waals surface area contributed by atoms with Crippen molar-refractivity contribution >= 4 is 11.8 Å². The van der Waals surface area contributed by atoms with Gasteiger partial charge in [-0.2, -0.15) is 0 Å². The molecule has 2 amide bonds. The van der Waals surface area contributed by atoms with Gasteiger partial charge < -0.3 is 20.3 Å². The third-order valence-electron chi connectivity index (χ3n) is 5.55. The van der Waals surface area contributed by atoms with Crippen LogP contribution < -0.4 is 5.73 Å². The van der Waals surface area contributed by atoms with Crippen LogP contribution in [0, 0.1) is 11.3 Å². The lowest BCUT2D eigenvalue weighted by Gasteiger charge is -2.47. The van der Waals surface area contributed by atoms with Crippen molar-refractivity contribution < 1.29 is 14.3 Å². The van der Waals surface area contributed by atoms with Crippen LogP contribution in [0.1, 0.15) is 32.1 Å². The van der Waals surface area contributed by atoms with Gasteiger partial charge in [0.15, 0.2) is 0 Å². The molecule has 0 saturated carbocycles. The summed E-state index contributed by atoms with van der Waals surface area (Å²) >= 11 is 0. The van der Waals surface area contributed by atoms with E-state index in [-0.39, 0.29) is 17.9 Å². The number of likely N-dealkylation sites (tertiary alicyclic amines) is 2. The number of carbonyl (C=O) groups is 2. The molecule has 1 atom stereocenters. The topological polar surface area (TPSA) is 75.9 Å². The van der Waals surface area contributed by atoms with Crippen molar-refractivity contribution in [2.75, 3.05) is 45.9 Å². The van der Waals surface area contributed by atoms with Gasteiger partial charge in [-0.25, -0.2) is 0 Å². The molecule has 0 aromatic heterocycles. The van der Waals surface area contributed by atoms with Crippen LogP contribution in [0.15, 0.2) is 0 Å². The molecule has 3 aliphatic heterocycles. The third-order valence-corrected chi connectivity index (χ3v) is 5.55. The molecule has 0 aliphatic carbocycles. The van der Waals surface area contributed by atoms with Crippen LogP contribution in [-0.4, -0.2) is 67.6 Å². The molecule has 0 bridgehead atoms. The second-order valence-corrected chi connectivity index (χ2v) is 7.25. The minimum Gasteiger partial charge on any atom is -0.381 e. The van der Waals surface area contributed by atoms with Crippen molar-refractivity contribution in [3.8, 4) is 0 Å². The molecule has 0 aromatic carbocycles. The number of amides is 2. The zero-order valence-corrected chi connectivity index (χ0v) is 13.3. The maximum Gasteiger partial charge on any atom is 0.237 e. The first-order valence-corrected chi connectivity index (χ1v) is 8.43. The Morgan fingerprint density at radius 2 is 2.09 bits per heavy atom. The van der Waals surface area contributed by atoms with E-state index in [0.29, 0.717) is 18.9 Å². The van der Waals surface area contributed by atoms with Gasteiger partial charge in [0.05, 0.1) is 13.2 Å². The summed E-state index contributed by atoms with van der Waals surface area (Å²) in [6.07, 6.45) is 4.93. The van der Waals surface area contributed by atoms with Gasteiger partial charge in [-0.05, 0) is 50.1 Å². The molecule has 3 saturated heterocycles. The van der Waals surface area contributed by atoms with Crippen LogP contribution in [0.2, 0.25) is 0 Å². The molecule has 3 rings (SSSR count). The number of nitrogens with zero attached hydrogens (tertiary/aromatic N) is 2. The molecule has 22 heavy (non-hydrogen) atoms. The van der Waals surface area contributed by atoms with E-state index in [0.717, 1.165) is 52.1 Å². The van der Waals surface area contributed by atoms with Gasteiger partial charge in [0.2, 0.25) is 11.8 Å². The van der Waals surface area contributed by atoms with Crippen molar-refractivity contribution in [1.29, 1.82) is 0 Å². The zero-order chi connectivity index (χ0) is 15.6. The predicted octanol–water partition coefficient (Wildman–Crippen LogP) is 0.213. The molecule has 124 valence electrons. The Labute approximate surface area is 131 Å². The molecule has 0 unspecified atom stereocenters. The zero-order valence-electron chi connectivity index (χ0n) is 13.3. The first-order valence-electron chi connectivity index (χ1n) is 8.43. The molecule has 3 fully saturated rings. The van der Waals surface area contributed by atoms with E-state index in [1.54, 1.807) is 4.90 Å². The first-order chi connectivity index (χ1) is 10.6. The van der Waals surface area contributed by atoms with Crippen molar-refractivity contribution in [2.45, 2.75) is 32.1 Å². The summed E-state index contributed by atoms with van der Waals surface area (Å²) in [5, 5.41) is 0. The van der Waals surface area contributed by atoms with E-state index in [4.69, 9.17) is 10.5 Å². The fourth-order valence-electron chi connectivity index (χ4n) is 4.15. The summed E-state index contributed by atoms with van der Waals surface area (Å²) in [4.78, 5) is 27.3. The Balaban J connectivity index is 1.52. The number of piperidine rings is 2. The van der Waals surface area contributed by atoms with Gasteiger partial charge in [0.1, 0.15) is 0 Å². The summed E-state index contributed by atoms with van der Waals surface area (Å²) < 4.78 is 5.46. The van der Waals surface area contributed by atoms with Crippen LogP contribution in [0.25, 0.3) is 0 Å². The van der Waals surface area contributed by atoms with Crippen LogP contribution in [-0.2, 0) is 14.3 Å². The maximum atomic E-state index is 11.9. The number of hydrogen-bond donors (Lipinski definition) is 1. The van der Waals surface area contributed by atoms with E-state index < -0.39 is 5.91 Å². The summed E-state index contributed by atoms with van der Waals surface area (Å²) in [5.74, 6) is 0.354. The second kappa shape index (κ2) is 6.54. The Bertz CT molecular complexity index is 426. The van der Waals surface area contributed by atoms with Gasteiger partial charge in [0, 0.05) is 26.1 Å². The predicted molar refractivity (Wildman–Crippen MR) is 82.0 cm³/mol. The first kappa shape index (κ1) is 15.7. The lowest BCUT2D eigenvalue weighted by molar-refractivity contribution is -0.142. The highest BCUT2D eigenvalue weighted by Crippen LogP contribution is 2.40. The molecular formula is C16H27N3O3. The number of ether oxygens (including phenoxy) is 1. The summed E-state index contributed by atoms with van der Waals surface area (Å²) in [7, 11) is 0. The fourth-order valence-corrected chi connectivity index (χ4v) is 4.15. The molecule has 0 radical (unpaired) electrons. The fraction of sp³-hybridized carbons (Fsp3) is 0.875. The Hall–Kier alpha value is -1.14. The van der Waals surface area contributed by atoms with Crippen LogP contribution in [0.4, 0.5) is 0 Å². The quantitative estimate of drug-likeness (QED) is 0.805. The van der Waals surface area contributed by atoms with E-state index in [2.05, 4.69) is 4.90 Å². The number of primary amides is 1. The average molecular weight is 309 g/mol. The van der Waals surface area contributed by atoms with E-state index in [1.807, 2.05) is 0 Å². The summed E-state index contributed by atoms with van der Waals surface area (Å²) in [6.45, 7) is 5.91. The summed E-state index contributed by atoms with van der Waals surface area (Å²) in [5.41, 5.74) is 5.46. The van der Waals surface area contributed by atoms with E-state index >= 15 is 0 Å². The van der Waals surface area contributed by atoms with Gasteiger partial charge in [-0.3, -0.25) is 9.59 Å². The maximum absolute atomic E-state index is 11.9. The molecule has 3 heterocycles. The second-order valence-electron chi connectivity index (χ2n) is 7.25. The van der Waals surface area contributed by atoms with E-state index in [9.17, 15) is 9.59 Å². The van der Waals surface area contributed by atoms with Gasteiger partial charge in [0.25, 0.3) is 0 Å². The standard InChI is InChI=1S/C16H27N3O3/c17-14(20)10-19-12-16(3-1-15(19)21)4-6-18(7-5-16)9-13-2-8-22-11-13/h13H,1-12H2,(H2,17,20)/t13-/m0/s1. The third kappa shape index (κ3) is 3.60. The van der Waals surface area contributed by atoms with Crippen LogP contribution in [0.5, 0.6) is 0 Å². The number of nitrogens with two attached hydrogens (primary N) is 1. The molecule has 6 nitrogen and oxygen atoms in total. The molecule has 3 aliphatic rings. The number of hydrogen-bond acceptors (Lipinski definition) is 4. The van der Waals surface area contributed by atoms with E-state index in [1.165, 1.54) is 6.42 Å². The van der Waals surface area contributed by atoms with Crippen molar-refractivity contribution in [3.05, 3.63) is 0 Å². The van der Waals surface area contributed by atoms with Crippen molar-refractivity contribution in [2.24, 2.45) is 17.1 Å². The molecule has 6 heteroatoms. The van der Waals surface area contributed by atoms with Crippen LogP contribution >= 0.6 is 0 Å². The minimum atomic E-state index is -0.413. The van der Waals surface area contributed by atoms with Crippen molar-refractivity contribution in [3.63, 3.8) is 0 Å². The number of carbonyl (C=O) groups excluding carboxylic acids is 2. The summed E-state index contributed by atoms with van der Waals surface area (Å²) in [6, 6.07) is 0.